The predicted molar refractivity (Wildman–Crippen MR) is 76.9 cm³/mol. The van der Waals surface area contributed by atoms with Crippen LogP contribution in [0, 0.1) is 6.92 Å². The molecule has 0 fully saturated rings. The molecule has 0 aliphatic heterocycles. The minimum atomic E-state index is -1.58. The van der Waals surface area contributed by atoms with Gasteiger partial charge in [-0.25, -0.2) is 4.21 Å². The lowest BCUT2D eigenvalue weighted by molar-refractivity contribution is 0.0959. The Labute approximate surface area is 116 Å². The number of carbonyl (C=O) groups excluding carboxylic acids is 1. The molecular formula is C12H20ClNO3S. The van der Waals surface area contributed by atoms with Gasteiger partial charge in [0.05, 0.1) is 0 Å². The molecule has 104 valence electrons. The molecule has 0 aromatic heterocycles. The molecule has 1 rings (SSSR count). The number of hydrogen-bond acceptors (Lipinski definition) is 3. The van der Waals surface area contributed by atoms with Crippen LogP contribution in [0.1, 0.15) is 30.8 Å². The van der Waals surface area contributed by atoms with Gasteiger partial charge in [-0.3, -0.25) is 8.98 Å². The number of alkyl halides is 1. The first-order valence-corrected chi connectivity index (χ1v) is 6.34. The third kappa shape index (κ3) is 6.74. The van der Waals surface area contributed by atoms with Crippen LogP contribution >= 0.6 is 11.6 Å². The fraction of sp³-hybridized carbons (Fsp3) is 0.417. The molecule has 0 saturated heterocycles. The van der Waals surface area contributed by atoms with E-state index in [0.717, 1.165) is 5.56 Å². The lowest BCUT2D eigenvalue weighted by Crippen LogP contribution is -2.27. The summed E-state index contributed by atoms with van der Waals surface area (Å²) in [7, 11) is 0. The van der Waals surface area contributed by atoms with Crippen LogP contribution in [0.15, 0.2) is 24.3 Å². The van der Waals surface area contributed by atoms with Crippen LogP contribution in [0.2, 0.25) is 0 Å². The largest absolute Gasteiger partial charge is 0.338 e. The van der Waals surface area contributed by atoms with E-state index in [2.05, 4.69) is 9.50 Å². The van der Waals surface area contributed by atoms with Gasteiger partial charge in [0.25, 0.3) is 5.91 Å². The summed E-state index contributed by atoms with van der Waals surface area (Å²) in [6, 6.07) is 6.92. The highest BCUT2D eigenvalue weighted by atomic mass is 35.5. The van der Waals surface area contributed by atoms with Crippen molar-refractivity contribution in [2.45, 2.75) is 21.8 Å². The molecule has 0 saturated carbocycles. The molecular weight excluding hydrogens is 274 g/mol. The van der Waals surface area contributed by atoms with Gasteiger partial charge in [-0.05, 0) is 19.1 Å². The number of benzene rings is 1. The summed E-state index contributed by atoms with van der Waals surface area (Å²) in [5.41, 5.74) is 1.60. The second-order valence-electron chi connectivity index (χ2n) is 3.05. The van der Waals surface area contributed by atoms with Crippen molar-refractivity contribution >= 4 is 28.6 Å². The van der Waals surface area contributed by atoms with Gasteiger partial charge in [-0.1, -0.05) is 44.2 Å². The highest BCUT2D eigenvalue weighted by molar-refractivity contribution is 7.80. The Morgan fingerprint density at radius 3 is 2.39 bits per heavy atom. The lowest BCUT2D eigenvalue weighted by Gasteiger charge is -2.04. The van der Waals surface area contributed by atoms with E-state index in [-0.39, 0.29) is 32.7 Å². The monoisotopic (exact) mass is 293 g/mol. The van der Waals surface area contributed by atoms with Crippen molar-refractivity contribution in [2.75, 3.05) is 11.9 Å². The summed E-state index contributed by atoms with van der Waals surface area (Å²) in [4.78, 5) is 11.5. The average Bonchev–Trinajstić information content (AvgIpc) is 2.27. The van der Waals surface area contributed by atoms with Crippen LogP contribution in [0.25, 0.3) is 0 Å². The van der Waals surface area contributed by atoms with Crippen molar-refractivity contribution in [3.8, 4) is 0 Å². The Morgan fingerprint density at radius 1 is 1.33 bits per heavy atom. The molecule has 0 heterocycles. The third-order valence-corrected chi connectivity index (χ3v) is 2.84. The molecule has 6 heteroatoms. The van der Waals surface area contributed by atoms with Crippen LogP contribution in [-0.4, -0.2) is 22.1 Å². The van der Waals surface area contributed by atoms with E-state index in [1.54, 1.807) is 12.1 Å². The lowest BCUT2D eigenvalue weighted by atomic mass is 10.1. The van der Waals surface area contributed by atoms with Crippen LogP contribution in [-0.2, 0) is 15.3 Å². The Kier molecular flexibility index (Phi) is 10.9. The Morgan fingerprint density at radius 2 is 1.89 bits per heavy atom. The molecule has 1 amide bonds. The number of carbonyl (C=O) groups is 1. The molecule has 1 unspecified atom stereocenters. The summed E-state index contributed by atoms with van der Waals surface area (Å²) in [6.45, 7) is 1.94. The molecule has 0 radical (unpaired) electrons. The number of rotatable bonds is 5. The van der Waals surface area contributed by atoms with Gasteiger partial charge in [-0.15, -0.1) is 0 Å². The van der Waals surface area contributed by atoms with Crippen LogP contribution in [0.5, 0.6) is 0 Å². The molecule has 1 N–H and O–H groups in total. The first-order valence-electron chi connectivity index (χ1n) is 4.56. The zero-order valence-corrected chi connectivity index (χ0v) is 10.3. The molecule has 0 bridgehead atoms. The smallest absolute Gasteiger partial charge is 0.252 e. The Hall–Kier alpha value is -0.910. The van der Waals surface area contributed by atoms with Crippen LogP contribution in [0.4, 0.5) is 0 Å². The van der Waals surface area contributed by atoms with Gasteiger partial charge in [0, 0.05) is 5.56 Å². The third-order valence-electron chi connectivity index (χ3n) is 1.84. The minimum Gasteiger partial charge on any atom is -0.338 e. The normalized spacial score (nSPS) is 10.8. The summed E-state index contributed by atoms with van der Waals surface area (Å²) in [6.07, 6.45) is 0. The maximum Gasteiger partial charge on any atom is 0.252 e. The number of nitrogens with one attached hydrogen (secondary N) is 1. The number of hydrogen-bond donors (Lipinski definition) is 1. The minimum absolute atomic E-state index is 0. The van der Waals surface area contributed by atoms with Gasteiger partial charge in [0.2, 0.25) is 0 Å². The van der Waals surface area contributed by atoms with Crippen molar-refractivity contribution in [1.29, 1.82) is 0 Å². The van der Waals surface area contributed by atoms with Gasteiger partial charge < -0.3 is 5.32 Å². The molecule has 1 atom stereocenters. The molecule has 1 aromatic carbocycles. The summed E-state index contributed by atoms with van der Waals surface area (Å²) in [5.74, 6) is -0.356. The quantitative estimate of drug-likeness (QED) is 0.849. The van der Waals surface area contributed by atoms with Crippen LogP contribution in [0.3, 0.4) is 0 Å². The highest BCUT2D eigenvalue weighted by Gasteiger charge is 2.06. The second-order valence-corrected chi connectivity index (χ2v) is 4.40. The van der Waals surface area contributed by atoms with Gasteiger partial charge >= 0.3 is 0 Å². The van der Waals surface area contributed by atoms with Crippen LogP contribution < -0.4 is 5.32 Å². The van der Waals surface area contributed by atoms with Gasteiger partial charge in [0.15, 0.2) is 11.1 Å². The maximum atomic E-state index is 11.5. The van der Waals surface area contributed by atoms with E-state index in [1.165, 1.54) is 0 Å². The fourth-order valence-electron chi connectivity index (χ4n) is 1.02. The second kappa shape index (κ2) is 10.1. The number of halogens is 1. The van der Waals surface area contributed by atoms with Gasteiger partial charge in [-0.2, -0.15) is 0 Å². The SMILES string of the molecule is C.C.Cc1ccc(C(=O)NCS(=O)OCCl)cc1. The highest BCUT2D eigenvalue weighted by Crippen LogP contribution is 2.02. The standard InChI is InChI=1S/C10H12ClNO3S.2CH4/c1-8-2-4-9(5-3-8)10(13)12-7-16(14)15-6-11;;/h2-5H,6-7H2,1H3,(H,12,13);2*1H4. The summed E-state index contributed by atoms with van der Waals surface area (Å²) >= 11 is 3.64. The maximum absolute atomic E-state index is 11.5. The first kappa shape index (κ1) is 19.4. The first-order chi connectivity index (χ1) is 7.63. The topological polar surface area (TPSA) is 55.4 Å². The zero-order chi connectivity index (χ0) is 12.0. The Balaban J connectivity index is 0. The van der Waals surface area contributed by atoms with Crippen molar-refractivity contribution in [3.05, 3.63) is 35.4 Å². The van der Waals surface area contributed by atoms with E-state index < -0.39 is 11.1 Å². The molecule has 4 nitrogen and oxygen atoms in total. The van der Waals surface area contributed by atoms with Crippen molar-refractivity contribution in [1.82, 2.24) is 5.32 Å². The molecule has 1 aromatic rings. The van der Waals surface area contributed by atoms with E-state index in [1.807, 2.05) is 19.1 Å². The molecule has 18 heavy (non-hydrogen) atoms. The van der Waals surface area contributed by atoms with Gasteiger partial charge in [0.1, 0.15) is 11.9 Å². The van der Waals surface area contributed by atoms with Crippen molar-refractivity contribution < 1.29 is 13.2 Å². The van der Waals surface area contributed by atoms with Crippen molar-refractivity contribution in [2.24, 2.45) is 0 Å². The van der Waals surface area contributed by atoms with E-state index in [0.29, 0.717) is 5.56 Å². The summed E-state index contributed by atoms with van der Waals surface area (Å²) in [5, 5.41) is 2.48. The fourth-order valence-corrected chi connectivity index (χ4v) is 1.75. The molecule has 0 aliphatic carbocycles. The Bertz CT molecular complexity index is 381. The van der Waals surface area contributed by atoms with Crippen molar-refractivity contribution in [3.63, 3.8) is 0 Å². The number of amides is 1. The zero-order valence-electron chi connectivity index (χ0n) is 8.73. The molecule has 0 aliphatic rings. The van der Waals surface area contributed by atoms with E-state index in [4.69, 9.17) is 11.6 Å². The average molecular weight is 294 g/mol. The van der Waals surface area contributed by atoms with E-state index >= 15 is 0 Å². The van der Waals surface area contributed by atoms with E-state index in [9.17, 15) is 9.00 Å². The molecule has 0 spiro atoms. The number of aryl methyl sites for hydroxylation is 1. The predicted octanol–water partition coefficient (Wildman–Crippen LogP) is 2.83. The summed E-state index contributed by atoms with van der Waals surface area (Å²) < 4.78 is 15.6.